The average Bonchev–Trinajstić information content (AvgIpc) is 3.59. The molecule has 3 aliphatic heterocycles. The fourth-order valence-corrected chi connectivity index (χ4v) is 8.57. The number of benzene rings is 3. The summed E-state index contributed by atoms with van der Waals surface area (Å²) in [4.78, 5) is 78.0. The predicted octanol–water partition coefficient (Wildman–Crippen LogP) is 5.07. The summed E-state index contributed by atoms with van der Waals surface area (Å²) in [6, 6.07) is 17.7. The first-order valence-corrected chi connectivity index (χ1v) is 22.3. The third kappa shape index (κ3) is 10.6. The Morgan fingerprint density at radius 2 is 1.78 bits per heavy atom. The van der Waals surface area contributed by atoms with Crippen molar-refractivity contribution >= 4 is 74.3 Å². The number of halogens is 1. The molecule has 0 bridgehead atoms. The minimum absolute atomic E-state index is 0.163. The minimum Gasteiger partial charge on any atom is -0.495 e. The highest BCUT2D eigenvalue weighted by atomic mass is 79.9. The van der Waals surface area contributed by atoms with Crippen LogP contribution >= 0.6 is 15.9 Å². The van der Waals surface area contributed by atoms with Gasteiger partial charge in [-0.25, -0.2) is 4.98 Å². The smallest absolute Gasteiger partial charge is 0.255 e. The predicted molar refractivity (Wildman–Crippen MR) is 246 cm³/mol. The number of ether oxygens (including phenoxy) is 1. The number of imide groups is 1. The number of fused-ring (bicyclic) bond motifs is 2. The number of nitrogens with zero attached hydrogens (tertiary/aromatic N) is 5. The largest absolute Gasteiger partial charge is 0.495 e. The number of methoxy groups -OCH3 is 1. The van der Waals surface area contributed by atoms with Crippen molar-refractivity contribution < 1.29 is 33.8 Å². The minimum atomic E-state index is -0.763. The van der Waals surface area contributed by atoms with Gasteiger partial charge in [0.05, 0.1) is 19.0 Å². The number of unbranched alkanes of at least 4 members (excludes halogenated alkanes) is 1. The summed E-state index contributed by atoms with van der Waals surface area (Å²) in [7, 11) is 3.38. The second-order valence-electron chi connectivity index (χ2n) is 17.0. The van der Waals surface area contributed by atoms with Gasteiger partial charge in [0.2, 0.25) is 23.7 Å². The van der Waals surface area contributed by atoms with Crippen molar-refractivity contribution in [3.8, 4) is 5.75 Å². The summed E-state index contributed by atoms with van der Waals surface area (Å²) in [5.74, 6) is -0.0457. The summed E-state index contributed by atoms with van der Waals surface area (Å²) in [6.45, 7) is 7.21. The number of piperidine rings is 1. The number of hydrogen-bond acceptors (Lipinski definition) is 13. The third-order valence-corrected chi connectivity index (χ3v) is 12.3. The quantitative estimate of drug-likeness (QED) is 0.0604. The van der Waals surface area contributed by atoms with Crippen molar-refractivity contribution in [1.82, 2.24) is 30.8 Å². The lowest BCUT2D eigenvalue weighted by Gasteiger charge is -2.36. The van der Waals surface area contributed by atoms with Crippen LogP contribution in [0.25, 0.3) is 0 Å². The molecule has 18 heteroatoms. The molecule has 3 aromatic carbocycles. The molecule has 0 saturated carbocycles. The molecule has 1 saturated heterocycles. The van der Waals surface area contributed by atoms with E-state index in [0.717, 1.165) is 16.5 Å². The maximum Gasteiger partial charge on any atom is 0.255 e. The molecule has 5 amide bonds. The zero-order chi connectivity index (χ0) is 45.5. The van der Waals surface area contributed by atoms with Crippen LogP contribution in [-0.4, -0.2) is 102 Å². The lowest BCUT2D eigenvalue weighted by molar-refractivity contribution is -0.137. The Balaban J connectivity index is 0.840. The van der Waals surface area contributed by atoms with E-state index < -0.39 is 23.6 Å². The van der Waals surface area contributed by atoms with Gasteiger partial charge in [0.25, 0.3) is 11.8 Å². The number of nitrogens with one attached hydrogen (secondary N) is 5. The van der Waals surface area contributed by atoms with E-state index in [-0.39, 0.29) is 43.0 Å². The SMILES string of the molecule is COc1cc(C(=O)NCCCNCCCCC(=O)Nc2cccc3c2CN(C2CCC(=O)NC2=O)C3=O)ccc1Nc1ncc2c(n1)N(Cc1ccc(Br)cc1)CC(C)(C)C(O)N2C. The monoisotopic (exact) mass is 938 g/mol. The molecule has 1 fully saturated rings. The van der Waals surface area contributed by atoms with E-state index in [9.17, 15) is 29.1 Å². The number of aliphatic hydroxyl groups is 1. The normalized spacial score (nSPS) is 17.9. The Kier molecular flexibility index (Phi) is 14.5. The molecule has 4 heterocycles. The van der Waals surface area contributed by atoms with E-state index >= 15 is 0 Å². The number of aliphatic hydroxyl groups excluding tert-OH is 1. The van der Waals surface area contributed by atoms with Gasteiger partial charge in [-0.1, -0.05) is 48.0 Å². The summed E-state index contributed by atoms with van der Waals surface area (Å²) >= 11 is 3.52. The van der Waals surface area contributed by atoms with E-state index in [1.807, 2.05) is 37.9 Å². The number of anilines is 5. The van der Waals surface area contributed by atoms with Crippen molar-refractivity contribution in [3.63, 3.8) is 0 Å². The fourth-order valence-electron chi connectivity index (χ4n) is 8.30. The van der Waals surface area contributed by atoms with E-state index in [2.05, 4.69) is 64.5 Å². The van der Waals surface area contributed by atoms with Gasteiger partial charge in [0.1, 0.15) is 23.7 Å². The van der Waals surface area contributed by atoms with Crippen LogP contribution < -0.4 is 41.1 Å². The second kappa shape index (κ2) is 20.2. The van der Waals surface area contributed by atoms with Gasteiger partial charge in [-0.05, 0) is 86.8 Å². The Morgan fingerprint density at radius 1 is 1.00 bits per heavy atom. The maximum absolute atomic E-state index is 13.1. The number of amides is 5. The Bertz CT molecular complexity index is 2400. The first kappa shape index (κ1) is 45.9. The molecule has 3 aliphatic rings. The lowest BCUT2D eigenvalue weighted by atomic mass is 9.90. The van der Waals surface area contributed by atoms with Crippen molar-refractivity contribution in [2.75, 3.05) is 60.8 Å². The molecular weight excluding hydrogens is 884 g/mol. The fraction of sp³-hybridized carbons (Fsp3) is 0.413. The summed E-state index contributed by atoms with van der Waals surface area (Å²) in [6.07, 6.45) is 3.82. The lowest BCUT2D eigenvalue weighted by Crippen LogP contribution is -2.52. The van der Waals surface area contributed by atoms with Crippen LogP contribution in [-0.2, 0) is 27.5 Å². The van der Waals surface area contributed by atoms with Crippen LogP contribution in [0.5, 0.6) is 5.75 Å². The van der Waals surface area contributed by atoms with Crippen LogP contribution in [0, 0.1) is 5.41 Å². The molecule has 2 unspecified atom stereocenters. The van der Waals surface area contributed by atoms with Crippen molar-refractivity contribution in [2.24, 2.45) is 5.41 Å². The number of rotatable bonds is 17. The van der Waals surface area contributed by atoms with Gasteiger partial charge >= 0.3 is 0 Å². The number of aromatic nitrogens is 2. The molecule has 6 N–H and O–H groups in total. The second-order valence-corrected chi connectivity index (χ2v) is 17.9. The van der Waals surface area contributed by atoms with Crippen LogP contribution in [0.2, 0.25) is 0 Å². The Labute approximate surface area is 380 Å². The van der Waals surface area contributed by atoms with Gasteiger partial charge in [-0.3, -0.25) is 29.3 Å². The van der Waals surface area contributed by atoms with Gasteiger partial charge in [-0.15, -0.1) is 0 Å². The highest BCUT2D eigenvalue weighted by Gasteiger charge is 2.41. The first-order chi connectivity index (χ1) is 30.7. The van der Waals surface area contributed by atoms with Crippen molar-refractivity contribution in [1.29, 1.82) is 0 Å². The number of carbonyl (C=O) groups excluding carboxylic acids is 5. The molecule has 0 radical (unpaired) electrons. The molecule has 64 heavy (non-hydrogen) atoms. The van der Waals surface area contributed by atoms with E-state index in [1.54, 1.807) is 42.6 Å². The summed E-state index contributed by atoms with van der Waals surface area (Å²) < 4.78 is 6.67. The maximum atomic E-state index is 13.1. The third-order valence-electron chi connectivity index (χ3n) is 11.8. The zero-order valence-corrected chi connectivity index (χ0v) is 38.1. The van der Waals surface area contributed by atoms with Crippen LogP contribution in [0.3, 0.4) is 0 Å². The highest BCUT2D eigenvalue weighted by Crippen LogP contribution is 2.40. The first-order valence-electron chi connectivity index (χ1n) is 21.5. The molecule has 17 nitrogen and oxygen atoms in total. The summed E-state index contributed by atoms with van der Waals surface area (Å²) in [5.41, 5.74) is 4.00. The standard InChI is InChI=1S/C46H55BrN10O7/c1-46(2)27-56(25-28-12-15-30(47)16-13-28)40-36(55(3)44(46)63)24-50-45(54-40)52-34-17-14-29(23-37(34)64-4)41(60)49-22-8-21-48-20-6-5-11-38(58)51-33-10-7-9-31-32(33)26-57(43(31)62)35-18-19-39(59)53-42(35)61/h7,9-10,12-17,23-24,35,44,48,63H,5-6,8,11,18-22,25-27H2,1-4H3,(H,49,60)(H,51,58)(H,50,52,54)(H,53,59,61). The van der Waals surface area contributed by atoms with E-state index in [4.69, 9.17) is 9.72 Å². The Hall–Kier alpha value is -6.11. The molecule has 0 aliphatic carbocycles. The average molecular weight is 940 g/mol. The van der Waals surface area contributed by atoms with Gasteiger partial charge in [0.15, 0.2) is 5.82 Å². The molecule has 0 spiro atoms. The molecule has 7 rings (SSSR count). The van der Waals surface area contributed by atoms with Crippen molar-refractivity contribution in [3.05, 3.63) is 93.6 Å². The topological polar surface area (TPSA) is 210 Å². The van der Waals surface area contributed by atoms with Crippen LogP contribution in [0.4, 0.5) is 28.8 Å². The molecule has 1 aromatic heterocycles. The molecular formula is C46H55BrN10O7. The van der Waals surface area contributed by atoms with E-state index in [1.165, 1.54) is 12.0 Å². The molecule has 2 atom stereocenters. The number of hydrogen-bond donors (Lipinski definition) is 6. The highest BCUT2D eigenvalue weighted by molar-refractivity contribution is 9.10. The van der Waals surface area contributed by atoms with Crippen molar-refractivity contribution in [2.45, 2.75) is 77.7 Å². The molecule has 338 valence electrons. The summed E-state index contributed by atoms with van der Waals surface area (Å²) in [5, 5.41) is 26.1. The van der Waals surface area contributed by atoms with Crippen LogP contribution in [0.15, 0.2) is 71.3 Å². The van der Waals surface area contributed by atoms with Gasteiger partial charge < -0.3 is 45.8 Å². The number of carbonyl (C=O) groups is 5. The van der Waals surface area contributed by atoms with E-state index in [0.29, 0.717) is 103 Å². The van der Waals surface area contributed by atoms with Gasteiger partial charge in [-0.2, -0.15) is 4.98 Å². The zero-order valence-electron chi connectivity index (χ0n) is 36.5. The molecule has 4 aromatic rings. The Morgan fingerprint density at radius 3 is 2.55 bits per heavy atom. The van der Waals surface area contributed by atoms with Crippen LogP contribution in [0.1, 0.15) is 84.2 Å². The van der Waals surface area contributed by atoms with Gasteiger partial charge in [0, 0.05) is 78.3 Å².